The van der Waals surface area contributed by atoms with E-state index >= 15 is 0 Å². The van der Waals surface area contributed by atoms with Crippen LogP contribution in [-0.2, 0) is 16.1 Å². The molecule has 1 fully saturated rings. The highest BCUT2D eigenvalue weighted by atomic mass is 79.9. The summed E-state index contributed by atoms with van der Waals surface area (Å²) in [5.74, 6) is -0.256. The Morgan fingerprint density at radius 2 is 2.38 bits per heavy atom. The highest BCUT2D eigenvalue weighted by Crippen LogP contribution is 2.21. The van der Waals surface area contributed by atoms with Gasteiger partial charge in [0.25, 0.3) is 0 Å². The van der Waals surface area contributed by atoms with Crippen LogP contribution >= 0.6 is 27.3 Å². The van der Waals surface area contributed by atoms with Gasteiger partial charge in [-0.2, -0.15) is 0 Å². The largest absolute Gasteiger partial charge is 0.301 e. The third-order valence-corrected chi connectivity index (χ3v) is 4.11. The average molecular weight is 303 g/mol. The zero-order valence-corrected chi connectivity index (χ0v) is 11.1. The molecule has 1 unspecified atom stereocenters. The van der Waals surface area contributed by atoms with Gasteiger partial charge in [0.15, 0.2) is 0 Å². The van der Waals surface area contributed by atoms with Crippen LogP contribution in [0, 0.1) is 0 Å². The van der Waals surface area contributed by atoms with Crippen molar-refractivity contribution in [1.29, 1.82) is 0 Å². The first-order valence-corrected chi connectivity index (χ1v) is 6.52. The Labute approximate surface area is 106 Å². The summed E-state index contributed by atoms with van der Waals surface area (Å²) in [6, 6.07) is 1.64. The molecule has 1 aliphatic heterocycles. The summed E-state index contributed by atoms with van der Waals surface area (Å²) in [6.07, 6.45) is 0.265. The standard InChI is InChI=1S/C10H11BrN2O2S/c1-13-9(14)3-7(10(13)15)12-4-6-2-8(11)16-5-6/h2,5,7,12H,3-4H2,1H3. The zero-order valence-electron chi connectivity index (χ0n) is 8.70. The number of thiophene rings is 1. The number of amides is 2. The van der Waals surface area contributed by atoms with Gasteiger partial charge in [0.1, 0.15) is 0 Å². The summed E-state index contributed by atoms with van der Waals surface area (Å²) >= 11 is 4.98. The molecule has 1 aliphatic rings. The van der Waals surface area contributed by atoms with Gasteiger partial charge in [0, 0.05) is 13.6 Å². The van der Waals surface area contributed by atoms with E-state index in [1.165, 1.54) is 11.9 Å². The summed E-state index contributed by atoms with van der Waals surface area (Å²) in [5.41, 5.74) is 1.12. The number of imide groups is 1. The summed E-state index contributed by atoms with van der Waals surface area (Å²) in [6.45, 7) is 0.611. The lowest BCUT2D eigenvalue weighted by Crippen LogP contribution is -2.36. The molecular weight excluding hydrogens is 292 g/mol. The van der Waals surface area contributed by atoms with E-state index in [9.17, 15) is 9.59 Å². The van der Waals surface area contributed by atoms with Crippen LogP contribution in [-0.4, -0.2) is 29.8 Å². The van der Waals surface area contributed by atoms with E-state index in [4.69, 9.17) is 0 Å². The number of rotatable bonds is 3. The summed E-state index contributed by atoms with van der Waals surface area (Å²) in [7, 11) is 1.52. The van der Waals surface area contributed by atoms with Gasteiger partial charge in [-0.3, -0.25) is 14.5 Å². The molecule has 6 heteroatoms. The minimum atomic E-state index is -0.365. The molecule has 4 nitrogen and oxygen atoms in total. The van der Waals surface area contributed by atoms with Gasteiger partial charge in [-0.25, -0.2) is 0 Å². The molecule has 2 heterocycles. The molecule has 0 radical (unpaired) electrons. The molecule has 1 atom stereocenters. The number of carbonyl (C=O) groups is 2. The maximum atomic E-state index is 11.6. The Hall–Kier alpha value is -0.720. The topological polar surface area (TPSA) is 49.4 Å². The third kappa shape index (κ3) is 2.34. The highest BCUT2D eigenvalue weighted by molar-refractivity contribution is 9.11. The predicted octanol–water partition coefficient (Wildman–Crippen LogP) is 1.36. The number of nitrogens with zero attached hydrogens (tertiary/aromatic N) is 1. The molecule has 86 valence electrons. The van der Waals surface area contributed by atoms with Crippen molar-refractivity contribution >= 4 is 39.1 Å². The van der Waals surface area contributed by atoms with Crippen molar-refractivity contribution in [2.45, 2.75) is 19.0 Å². The second kappa shape index (κ2) is 4.65. The van der Waals surface area contributed by atoms with Crippen molar-refractivity contribution in [3.05, 3.63) is 20.8 Å². The van der Waals surface area contributed by atoms with Gasteiger partial charge < -0.3 is 5.32 Å². The Balaban J connectivity index is 1.92. The lowest BCUT2D eigenvalue weighted by Gasteiger charge is -2.09. The average Bonchev–Trinajstić information content (AvgIpc) is 2.76. The fraction of sp³-hybridized carbons (Fsp3) is 0.400. The summed E-state index contributed by atoms with van der Waals surface area (Å²) in [4.78, 5) is 24.0. The molecule has 1 saturated heterocycles. The first-order chi connectivity index (χ1) is 7.58. The second-order valence-corrected chi connectivity index (χ2v) is 5.98. The number of halogens is 1. The number of carbonyl (C=O) groups excluding carboxylic acids is 2. The minimum Gasteiger partial charge on any atom is -0.301 e. The zero-order chi connectivity index (χ0) is 11.7. The highest BCUT2D eigenvalue weighted by Gasteiger charge is 2.35. The maximum Gasteiger partial charge on any atom is 0.246 e. The van der Waals surface area contributed by atoms with Crippen LogP contribution in [0.15, 0.2) is 15.2 Å². The van der Waals surface area contributed by atoms with E-state index in [1.54, 1.807) is 11.3 Å². The molecule has 0 saturated carbocycles. The molecular formula is C10H11BrN2O2S. The molecule has 1 aromatic heterocycles. The summed E-state index contributed by atoms with van der Waals surface area (Å²) in [5, 5.41) is 5.11. The maximum absolute atomic E-state index is 11.6. The van der Waals surface area contributed by atoms with Crippen LogP contribution in [0.25, 0.3) is 0 Å². The SMILES string of the molecule is CN1C(=O)CC(NCc2csc(Br)c2)C1=O. The quantitative estimate of drug-likeness (QED) is 0.858. The minimum absolute atomic E-state index is 0.117. The van der Waals surface area contributed by atoms with Crippen molar-refractivity contribution in [1.82, 2.24) is 10.2 Å². The van der Waals surface area contributed by atoms with Gasteiger partial charge in [-0.05, 0) is 32.9 Å². The Kier molecular flexibility index (Phi) is 3.41. The molecule has 2 amide bonds. The van der Waals surface area contributed by atoms with Gasteiger partial charge in [0.2, 0.25) is 11.8 Å². The van der Waals surface area contributed by atoms with Crippen molar-refractivity contribution < 1.29 is 9.59 Å². The molecule has 1 N–H and O–H groups in total. The van der Waals surface area contributed by atoms with Gasteiger partial charge in [-0.1, -0.05) is 0 Å². The first-order valence-electron chi connectivity index (χ1n) is 4.84. The van der Waals surface area contributed by atoms with Crippen LogP contribution in [0.2, 0.25) is 0 Å². The normalized spacial score (nSPS) is 20.9. The Morgan fingerprint density at radius 3 is 2.88 bits per heavy atom. The fourth-order valence-corrected chi connectivity index (χ4v) is 2.80. The second-order valence-electron chi connectivity index (χ2n) is 3.69. The lowest BCUT2D eigenvalue weighted by atomic mass is 10.2. The lowest BCUT2D eigenvalue weighted by molar-refractivity contribution is -0.137. The smallest absolute Gasteiger partial charge is 0.246 e. The van der Waals surface area contributed by atoms with E-state index in [1.807, 2.05) is 11.4 Å². The number of likely N-dealkylation sites (N-methyl/N-ethyl adjacent to an activating group) is 1. The van der Waals surface area contributed by atoms with Crippen LogP contribution < -0.4 is 5.32 Å². The fourth-order valence-electron chi connectivity index (χ4n) is 1.59. The van der Waals surface area contributed by atoms with E-state index in [-0.39, 0.29) is 24.3 Å². The van der Waals surface area contributed by atoms with E-state index in [0.29, 0.717) is 6.54 Å². The third-order valence-electron chi connectivity index (χ3n) is 2.56. The molecule has 1 aromatic rings. The number of hydrogen-bond acceptors (Lipinski definition) is 4. The monoisotopic (exact) mass is 302 g/mol. The number of hydrogen-bond donors (Lipinski definition) is 1. The van der Waals surface area contributed by atoms with Gasteiger partial charge in [0.05, 0.1) is 16.2 Å². The molecule has 0 bridgehead atoms. The van der Waals surface area contributed by atoms with Crippen molar-refractivity contribution in [2.75, 3.05) is 7.05 Å². The van der Waals surface area contributed by atoms with Crippen LogP contribution in [0.3, 0.4) is 0 Å². The van der Waals surface area contributed by atoms with Crippen LogP contribution in [0.5, 0.6) is 0 Å². The molecule has 0 aliphatic carbocycles. The molecule has 2 rings (SSSR count). The van der Waals surface area contributed by atoms with Crippen molar-refractivity contribution in [3.63, 3.8) is 0 Å². The molecule has 0 aromatic carbocycles. The molecule has 0 spiro atoms. The van der Waals surface area contributed by atoms with Crippen LogP contribution in [0.4, 0.5) is 0 Å². The predicted molar refractivity (Wildman–Crippen MR) is 65.0 cm³/mol. The Bertz CT molecular complexity index is 432. The van der Waals surface area contributed by atoms with Crippen LogP contribution in [0.1, 0.15) is 12.0 Å². The summed E-state index contributed by atoms with van der Waals surface area (Å²) < 4.78 is 1.07. The van der Waals surface area contributed by atoms with E-state index in [0.717, 1.165) is 9.35 Å². The molecule has 16 heavy (non-hydrogen) atoms. The number of nitrogens with one attached hydrogen (secondary N) is 1. The van der Waals surface area contributed by atoms with Gasteiger partial charge in [-0.15, -0.1) is 11.3 Å². The number of likely N-dealkylation sites (tertiary alicyclic amines) is 1. The first kappa shape index (κ1) is 11.8. The van der Waals surface area contributed by atoms with E-state index < -0.39 is 0 Å². The van der Waals surface area contributed by atoms with Gasteiger partial charge >= 0.3 is 0 Å². The Morgan fingerprint density at radius 1 is 1.62 bits per heavy atom. The van der Waals surface area contributed by atoms with Crippen molar-refractivity contribution in [2.24, 2.45) is 0 Å². The van der Waals surface area contributed by atoms with E-state index in [2.05, 4.69) is 21.2 Å². The van der Waals surface area contributed by atoms with Crippen molar-refractivity contribution in [3.8, 4) is 0 Å².